The van der Waals surface area contributed by atoms with Gasteiger partial charge in [-0.3, -0.25) is 9.78 Å². The van der Waals surface area contributed by atoms with Crippen molar-refractivity contribution in [1.82, 2.24) is 9.29 Å². The molecular formula is C16H16N2O4S. The summed E-state index contributed by atoms with van der Waals surface area (Å²) in [4.78, 5) is 15.7. The van der Waals surface area contributed by atoms with Gasteiger partial charge in [-0.15, -0.1) is 0 Å². The molecule has 1 N–H and O–H groups in total. The van der Waals surface area contributed by atoms with Crippen molar-refractivity contribution in [2.24, 2.45) is 5.92 Å². The highest BCUT2D eigenvalue weighted by atomic mass is 32.2. The zero-order valence-electron chi connectivity index (χ0n) is 12.3. The lowest BCUT2D eigenvalue weighted by atomic mass is 9.89. The predicted molar refractivity (Wildman–Crippen MR) is 83.3 cm³/mol. The normalized spacial score (nSPS) is 27.6. The Labute approximate surface area is 133 Å². The second kappa shape index (κ2) is 5.01. The highest BCUT2D eigenvalue weighted by Crippen LogP contribution is 2.45. The van der Waals surface area contributed by atoms with E-state index in [9.17, 15) is 18.3 Å². The Kier molecular flexibility index (Phi) is 3.18. The zero-order valence-corrected chi connectivity index (χ0v) is 13.1. The maximum Gasteiger partial charge on any atom is 0.308 e. The summed E-state index contributed by atoms with van der Waals surface area (Å²) in [5, 5.41) is 10.1. The third-order valence-corrected chi connectivity index (χ3v) is 6.91. The highest BCUT2D eigenvalue weighted by molar-refractivity contribution is 7.89. The van der Waals surface area contributed by atoms with E-state index in [1.54, 1.807) is 30.5 Å². The molecular weight excluding hydrogens is 316 g/mol. The van der Waals surface area contributed by atoms with Crippen LogP contribution in [-0.4, -0.2) is 40.9 Å². The number of rotatable bonds is 3. The van der Waals surface area contributed by atoms with Gasteiger partial charge in [0.2, 0.25) is 10.0 Å². The first-order valence-electron chi connectivity index (χ1n) is 7.59. The van der Waals surface area contributed by atoms with Gasteiger partial charge >= 0.3 is 5.97 Å². The minimum atomic E-state index is -3.69. The van der Waals surface area contributed by atoms with Crippen LogP contribution in [0.15, 0.2) is 41.4 Å². The van der Waals surface area contributed by atoms with Gasteiger partial charge in [-0.25, -0.2) is 8.42 Å². The lowest BCUT2D eigenvalue weighted by Crippen LogP contribution is -2.37. The molecule has 0 saturated carbocycles. The average Bonchev–Trinajstić information content (AvgIpc) is 3.13. The van der Waals surface area contributed by atoms with Gasteiger partial charge in [-0.1, -0.05) is 6.07 Å². The van der Waals surface area contributed by atoms with E-state index in [1.807, 2.05) is 6.07 Å². The lowest BCUT2D eigenvalue weighted by Gasteiger charge is -2.22. The number of carboxylic acid groups (broad SMARTS) is 1. The molecule has 2 aliphatic heterocycles. The molecule has 3 atom stereocenters. The molecule has 0 aliphatic carbocycles. The fraction of sp³-hybridized carbons (Fsp3) is 0.375. The monoisotopic (exact) mass is 332 g/mol. The third kappa shape index (κ3) is 2.14. The van der Waals surface area contributed by atoms with E-state index in [0.717, 1.165) is 17.3 Å². The largest absolute Gasteiger partial charge is 0.481 e. The molecule has 0 radical (unpaired) electrons. The van der Waals surface area contributed by atoms with E-state index >= 15 is 0 Å². The highest BCUT2D eigenvalue weighted by Gasteiger charge is 2.54. The summed E-state index contributed by atoms with van der Waals surface area (Å²) in [5.41, 5.74) is 0.735. The van der Waals surface area contributed by atoms with Crippen molar-refractivity contribution in [3.05, 3.63) is 36.5 Å². The Morgan fingerprint density at radius 3 is 2.83 bits per heavy atom. The van der Waals surface area contributed by atoms with E-state index in [2.05, 4.69) is 4.98 Å². The summed E-state index contributed by atoms with van der Waals surface area (Å²) >= 11 is 0. The number of nitrogens with zero attached hydrogens (tertiary/aromatic N) is 2. The number of pyridine rings is 1. The Morgan fingerprint density at radius 1 is 1.26 bits per heavy atom. The standard InChI is InChI=1S/C16H16N2O4S/c19-16(20)13-9-11-3-6-15(13)18(11)23(21,22)12-4-5-14-10(8-12)2-1-7-17-14/h1-2,4-5,7-8,11,13,15H,3,6,9H2,(H,19,20). The van der Waals surface area contributed by atoms with Crippen LogP contribution in [0.4, 0.5) is 0 Å². The molecule has 120 valence electrons. The number of carboxylic acids is 1. The Hall–Kier alpha value is -1.99. The van der Waals surface area contributed by atoms with Crippen molar-refractivity contribution in [2.75, 3.05) is 0 Å². The summed E-state index contributed by atoms with van der Waals surface area (Å²) in [7, 11) is -3.69. The average molecular weight is 332 g/mol. The van der Waals surface area contributed by atoms with Crippen molar-refractivity contribution >= 4 is 26.9 Å². The van der Waals surface area contributed by atoms with Gasteiger partial charge in [0, 0.05) is 23.7 Å². The summed E-state index contributed by atoms with van der Waals surface area (Å²) in [6.45, 7) is 0. The van der Waals surface area contributed by atoms with Crippen LogP contribution in [0.3, 0.4) is 0 Å². The quantitative estimate of drug-likeness (QED) is 0.927. The first kappa shape index (κ1) is 14.6. The van der Waals surface area contributed by atoms with Gasteiger partial charge in [0.15, 0.2) is 0 Å². The molecule has 3 heterocycles. The predicted octanol–water partition coefficient (Wildman–Crippen LogP) is 1.86. The van der Waals surface area contributed by atoms with Crippen LogP contribution in [-0.2, 0) is 14.8 Å². The van der Waals surface area contributed by atoms with Crippen LogP contribution in [0.5, 0.6) is 0 Å². The van der Waals surface area contributed by atoms with E-state index in [1.165, 1.54) is 4.31 Å². The van der Waals surface area contributed by atoms with Gasteiger partial charge in [0.25, 0.3) is 0 Å². The molecule has 2 fully saturated rings. The molecule has 3 unspecified atom stereocenters. The molecule has 0 amide bonds. The zero-order chi connectivity index (χ0) is 16.2. The van der Waals surface area contributed by atoms with Crippen molar-refractivity contribution < 1.29 is 18.3 Å². The first-order valence-corrected chi connectivity index (χ1v) is 9.03. The van der Waals surface area contributed by atoms with Gasteiger partial charge in [0.05, 0.1) is 16.3 Å². The van der Waals surface area contributed by atoms with Crippen LogP contribution in [0.1, 0.15) is 19.3 Å². The fourth-order valence-electron chi connectivity index (χ4n) is 3.91. The Bertz CT molecular complexity index is 896. The molecule has 7 heteroatoms. The van der Waals surface area contributed by atoms with Crippen LogP contribution < -0.4 is 0 Å². The SMILES string of the molecule is O=C(O)C1CC2CCC1N2S(=O)(=O)c1ccc2ncccc2c1. The maximum absolute atomic E-state index is 13.0. The Balaban J connectivity index is 1.76. The van der Waals surface area contributed by atoms with E-state index in [-0.39, 0.29) is 10.9 Å². The number of sulfonamides is 1. The van der Waals surface area contributed by atoms with E-state index < -0.39 is 28.0 Å². The topological polar surface area (TPSA) is 87.6 Å². The summed E-state index contributed by atoms with van der Waals surface area (Å²) in [5.74, 6) is -1.49. The van der Waals surface area contributed by atoms with Crippen molar-refractivity contribution in [2.45, 2.75) is 36.2 Å². The number of carbonyl (C=O) groups is 1. The molecule has 2 aromatic rings. The molecule has 2 aliphatic rings. The summed E-state index contributed by atoms with van der Waals surface area (Å²) in [6.07, 6.45) is 3.43. The summed E-state index contributed by atoms with van der Waals surface area (Å²) in [6, 6.07) is 7.82. The van der Waals surface area contributed by atoms with Crippen molar-refractivity contribution in [1.29, 1.82) is 0 Å². The molecule has 1 aromatic heterocycles. The molecule has 6 nitrogen and oxygen atoms in total. The number of benzene rings is 1. The van der Waals surface area contributed by atoms with Gasteiger partial charge in [0.1, 0.15) is 0 Å². The molecule has 2 saturated heterocycles. The molecule has 1 aromatic carbocycles. The summed E-state index contributed by atoms with van der Waals surface area (Å²) < 4.78 is 27.5. The third-order valence-electron chi connectivity index (χ3n) is 4.94. The van der Waals surface area contributed by atoms with Gasteiger partial charge in [-0.2, -0.15) is 4.31 Å². The molecule has 2 bridgehead atoms. The smallest absolute Gasteiger partial charge is 0.308 e. The minimum Gasteiger partial charge on any atom is -0.481 e. The molecule has 4 rings (SSSR count). The van der Waals surface area contributed by atoms with Crippen LogP contribution >= 0.6 is 0 Å². The van der Waals surface area contributed by atoms with E-state index in [0.29, 0.717) is 12.8 Å². The number of hydrogen-bond donors (Lipinski definition) is 1. The molecule has 0 spiro atoms. The second-order valence-electron chi connectivity index (χ2n) is 6.17. The fourth-order valence-corrected chi connectivity index (χ4v) is 5.87. The van der Waals surface area contributed by atoms with Crippen molar-refractivity contribution in [3.63, 3.8) is 0 Å². The van der Waals surface area contributed by atoms with Gasteiger partial charge in [-0.05, 0) is 43.5 Å². The number of aliphatic carboxylic acids is 1. The van der Waals surface area contributed by atoms with Crippen LogP contribution in [0, 0.1) is 5.92 Å². The van der Waals surface area contributed by atoms with Crippen LogP contribution in [0.25, 0.3) is 10.9 Å². The van der Waals surface area contributed by atoms with Crippen LogP contribution in [0.2, 0.25) is 0 Å². The number of hydrogen-bond acceptors (Lipinski definition) is 4. The Morgan fingerprint density at radius 2 is 2.09 bits per heavy atom. The number of fused-ring (bicyclic) bond motifs is 3. The van der Waals surface area contributed by atoms with E-state index in [4.69, 9.17) is 0 Å². The maximum atomic E-state index is 13.0. The van der Waals surface area contributed by atoms with Gasteiger partial charge < -0.3 is 5.11 Å². The van der Waals surface area contributed by atoms with Crippen molar-refractivity contribution in [3.8, 4) is 0 Å². The number of aromatic nitrogens is 1. The first-order chi connectivity index (χ1) is 11.0. The second-order valence-corrected chi connectivity index (χ2v) is 8.01. The lowest BCUT2D eigenvalue weighted by molar-refractivity contribution is -0.142. The molecule has 23 heavy (non-hydrogen) atoms. The minimum absolute atomic E-state index is 0.198.